The Kier molecular flexibility index (Phi) is 4.61. The number of nitrogens with two attached hydrogens (primary N) is 1. The van der Waals surface area contributed by atoms with Gasteiger partial charge in [-0.3, -0.25) is 0 Å². The molecule has 1 rings (SSSR count). The molecule has 0 spiro atoms. The molecular weight excluding hydrogens is 208 g/mol. The third-order valence-corrected chi connectivity index (χ3v) is 1.55. The van der Waals surface area contributed by atoms with E-state index in [9.17, 15) is 0 Å². The van der Waals surface area contributed by atoms with Crippen molar-refractivity contribution in [1.82, 2.24) is 0 Å². The van der Waals surface area contributed by atoms with Crippen molar-refractivity contribution < 1.29 is 4.84 Å². The molecule has 62 valence electrons. The van der Waals surface area contributed by atoms with Crippen molar-refractivity contribution in [3.8, 4) is 5.75 Å². The van der Waals surface area contributed by atoms with Crippen molar-refractivity contribution in [3.63, 3.8) is 0 Å². The highest BCUT2D eigenvalue weighted by Crippen LogP contribution is 2.26. The maximum Gasteiger partial charge on any atom is 0.165 e. The van der Waals surface area contributed by atoms with Crippen molar-refractivity contribution in [2.24, 2.45) is 5.90 Å². The van der Waals surface area contributed by atoms with Gasteiger partial charge >= 0.3 is 0 Å². The molecule has 0 heterocycles. The molecular formula is C6H6Cl3NO. The summed E-state index contributed by atoms with van der Waals surface area (Å²) in [6, 6.07) is 4.81. The summed E-state index contributed by atoms with van der Waals surface area (Å²) in [6.45, 7) is 0. The first-order valence-corrected chi connectivity index (χ1v) is 3.31. The van der Waals surface area contributed by atoms with E-state index < -0.39 is 0 Å². The molecule has 2 N–H and O–H groups in total. The fourth-order valence-corrected chi connectivity index (χ4v) is 1.02. The first-order chi connectivity index (χ1) is 4.74. The highest BCUT2D eigenvalue weighted by molar-refractivity contribution is 6.35. The van der Waals surface area contributed by atoms with E-state index in [1.165, 1.54) is 0 Å². The summed E-state index contributed by atoms with van der Waals surface area (Å²) >= 11 is 11.2. The molecule has 0 aromatic heterocycles. The monoisotopic (exact) mass is 213 g/mol. The fourth-order valence-electron chi connectivity index (χ4n) is 0.571. The van der Waals surface area contributed by atoms with E-state index in [1.54, 1.807) is 18.2 Å². The minimum Gasteiger partial charge on any atom is -0.410 e. The Labute approximate surface area is 80.6 Å². The second kappa shape index (κ2) is 4.67. The van der Waals surface area contributed by atoms with Gasteiger partial charge in [0.25, 0.3) is 0 Å². The van der Waals surface area contributed by atoms with Crippen LogP contribution in [-0.4, -0.2) is 0 Å². The van der Waals surface area contributed by atoms with Crippen molar-refractivity contribution in [2.45, 2.75) is 0 Å². The summed E-state index contributed by atoms with van der Waals surface area (Å²) in [7, 11) is 0. The van der Waals surface area contributed by atoms with Gasteiger partial charge in [-0.25, -0.2) is 0 Å². The van der Waals surface area contributed by atoms with Crippen molar-refractivity contribution in [3.05, 3.63) is 28.2 Å². The van der Waals surface area contributed by atoms with Crippen LogP contribution >= 0.6 is 35.6 Å². The molecule has 0 unspecified atom stereocenters. The van der Waals surface area contributed by atoms with Crippen molar-refractivity contribution in [2.75, 3.05) is 0 Å². The number of hydrogen-bond donors (Lipinski definition) is 1. The van der Waals surface area contributed by atoms with Crippen LogP contribution in [0.4, 0.5) is 0 Å². The van der Waals surface area contributed by atoms with E-state index in [0.29, 0.717) is 15.8 Å². The summed E-state index contributed by atoms with van der Waals surface area (Å²) in [5.74, 6) is 5.30. The Hall–Kier alpha value is -0.150. The van der Waals surface area contributed by atoms with E-state index in [2.05, 4.69) is 4.84 Å². The first-order valence-electron chi connectivity index (χ1n) is 2.56. The van der Waals surface area contributed by atoms with E-state index >= 15 is 0 Å². The molecule has 0 aliphatic carbocycles. The normalized spacial score (nSPS) is 8.64. The molecule has 5 heteroatoms. The predicted molar refractivity (Wildman–Crippen MR) is 48.5 cm³/mol. The van der Waals surface area contributed by atoms with Crippen LogP contribution in [0.3, 0.4) is 0 Å². The van der Waals surface area contributed by atoms with Crippen LogP contribution in [0, 0.1) is 0 Å². The van der Waals surface area contributed by atoms with E-state index in [-0.39, 0.29) is 12.4 Å². The number of benzene rings is 1. The summed E-state index contributed by atoms with van der Waals surface area (Å²) < 4.78 is 0. The Bertz CT molecular complexity index is 241. The molecule has 0 aliphatic rings. The van der Waals surface area contributed by atoms with Crippen LogP contribution in [0.2, 0.25) is 10.0 Å². The smallest absolute Gasteiger partial charge is 0.165 e. The molecule has 11 heavy (non-hydrogen) atoms. The van der Waals surface area contributed by atoms with Gasteiger partial charge in [-0.15, -0.1) is 12.4 Å². The predicted octanol–water partition coefficient (Wildman–Crippen LogP) is 2.67. The van der Waals surface area contributed by atoms with Gasteiger partial charge in [0.1, 0.15) is 0 Å². The SMILES string of the molecule is Cl.NOc1ccc(Cl)cc1Cl. The minimum atomic E-state index is 0. The van der Waals surface area contributed by atoms with Crippen LogP contribution in [-0.2, 0) is 0 Å². The second-order valence-corrected chi connectivity index (χ2v) is 2.54. The van der Waals surface area contributed by atoms with Crippen LogP contribution < -0.4 is 10.7 Å². The lowest BCUT2D eigenvalue weighted by molar-refractivity contribution is 0.335. The summed E-state index contributed by atoms with van der Waals surface area (Å²) in [5.41, 5.74) is 0. The lowest BCUT2D eigenvalue weighted by Gasteiger charge is -1.99. The first kappa shape index (κ1) is 10.8. The van der Waals surface area contributed by atoms with E-state index in [4.69, 9.17) is 29.1 Å². The molecule has 0 amide bonds. The molecule has 0 bridgehead atoms. The summed E-state index contributed by atoms with van der Waals surface area (Å²) in [5, 5.41) is 0.973. The number of rotatable bonds is 1. The number of halogens is 3. The van der Waals surface area contributed by atoms with Gasteiger partial charge in [-0.05, 0) is 18.2 Å². The third kappa shape index (κ3) is 2.75. The van der Waals surface area contributed by atoms with Crippen molar-refractivity contribution in [1.29, 1.82) is 0 Å². The third-order valence-electron chi connectivity index (χ3n) is 1.02. The zero-order chi connectivity index (χ0) is 7.56. The largest absolute Gasteiger partial charge is 0.410 e. The second-order valence-electron chi connectivity index (χ2n) is 1.69. The molecule has 1 aromatic carbocycles. The maximum absolute atomic E-state index is 5.64. The quantitative estimate of drug-likeness (QED) is 0.730. The average molecular weight is 214 g/mol. The summed E-state index contributed by atoms with van der Waals surface area (Å²) in [4.78, 5) is 4.41. The van der Waals surface area contributed by atoms with Crippen molar-refractivity contribution >= 4 is 35.6 Å². The molecule has 1 aromatic rings. The zero-order valence-electron chi connectivity index (χ0n) is 5.38. The van der Waals surface area contributed by atoms with Gasteiger partial charge in [0.05, 0.1) is 5.02 Å². The van der Waals surface area contributed by atoms with Gasteiger partial charge < -0.3 is 4.84 Å². The molecule has 0 radical (unpaired) electrons. The minimum absolute atomic E-state index is 0. The Morgan fingerprint density at radius 3 is 2.36 bits per heavy atom. The van der Waals surface area contributed by atoms with Crippen LogP contribution in [0.1, 0.15) is 0 Å². The number of hydrogen-bond acceptors (Lipinski definition) is 2. The van der Waals surface area contributed by atoms with Crippen LogP contribution in [0.25, 0.3) is 0 Å². The van der Waals surface area contributed by atoms with Gasteiger partial charge in [0.2, 0.25) is 0 Å². The van der Waals surface area contributed by atoms with E-state index in [0.717, 1.165) is 0 Å². The zero-order valence-corrected chi connectivity index (χ0v) is 7.71. The molecule has 0 saturated heterocycles. The lowest BCUT2D eigenvalue weighted by atomic mass is 10.3. The van der Waals surface area contributed by atoms with Gasteiger partial charge in [0, 0.05) is 5.02 Å². The highest BCUT2D eigenvalue weighted by atomic mass is 35.5. The maximum atomic E-state index is 5.64. The molecule has 0 aliphatic heterocycles. The average Bonchev–Trinajstić information content (AvgIpc) is 1.88. The Balaban J connectivity index is 0.000001000. The van der Waals surface area contributed by atoms with Crippen LogP contribution in [0.15, 0.2) is 18.2 Å². The molecule has 2 nitrogen and oxygen atoms in total. The van der Waals surface area contributed by atoms with Crippen LogP contribution in [0.5, 0.6) is 5.75 Å². The Morgan fingerprint density at radius 2 is 1.91 bits per heavy atom. The molecule has 0 fully saturated rings. The van der Waals surface area contributed by atoms with Gasteiger partial charge in [-0.2, -0.15) is 5.90 Å². The van der Waals surface area contributed by atoms with Gasteiger partial charge in [0.15, 0.2) is 5.75 Å². The standard InChI is InChI=1S/C6H5Cl2NO.ClH/c7-4-1-2-6(10-9)5(8)3-4;/h1-3H,9H2;1H. The lowest BCUT2D eigenvalue weighted by Crippen LogP contribution is -2.01. The summed E-state index contributed by atoms with van der Waals surface area (Å²) in [6.07, 6.45) is 0. The van der Waals surface area contributed by atoms with Gasteiger partial charge in [-0.1, -0.05) is 23.2 Å². The fraction of sp³-hybridized carbons (Fsp3) is 0. The molecule has 0 saturated carbocycles. The Morgan fingerprint density at radius 1 is 1.27 bits per heavy atom. The van der Waals surface area contributed by atoms with E-state index in [1.807, 2.05) is 0 Å². The molecule has 0 atom stereocenters. The highest BCUT2D eigenvalue weighted by Gasteiger charge is 1.99. The topological polar surface area (TPSA) is 35.2 Å².